The minimum absolute atomic E-state index is 0. The molecule has 2 rings (SSSR count). The number of halogens is 1. The van der Waals surface area contributed by atoms with E-state index in [9.17, 15) is 4.79 Å². The van der Waals surface area contributed by atoms with Crippen molar-refractivity contribution in [3.05, 3.63) is 49.2 Å². The van der Waals surface area contributed by atoms with Gasteiger partial charge < -0.3 is 20.1 Å². The van der Waals surface area contributed by atoms with Crippen molar-refractivity contribution in [3.8, 4) is 0 Å². The van der Waals surface area contributed by atoms with Crippen LogP contribution in [0.2, 0.25) is 0 Å². The van der Waals surface area contributed by atoms with Crippen LogP contribution in [0.15, 0.2) is 54.2 Å². The molecule has 0 aliphatic carbocycles. The molecule has 0 atom stereocenters. The van der Waals surface area contributed by atoms with Crippen molar-refractivity contribution in [1.29, 1.82) is 0 Å². The van der Waals surface area contributed by atoms with Crippen molar-refractivity contribution >= 4 is 46.7 Å². The molecule has 1 heterocycles. The summed E-state index contributed by atoms with van der Waals surface area (Å²) in [6.07, 6.45) is 4.83. The number of amides is 1. The van der Waals surface area contributed by atoms with Crippen LogP contribution < -0.4 is 10.6 Å². The summed E-state index contributed by atoms with van der Waals surface area (Å²) < 4.78 is 2.25. The highest BCUT2D eigenvalue weighted by Crippen LogP contribution is 2.15. The fraction of sp³-hybridized carbons (Fsp3) is 0.368. The van der Waals surface area contributed by atoms with E-state index < -0.39 is 0 Å². The molecule has 0 radical (unpaired) electrons. The first kappa shape index (κ1) is 22.0. The van der Waals surface area contributed by atoms with Gasteiger partial charge in [0.15, 0.2) is 5.96 Å². The summed E-state index contributed by atoms with van der Waals surface area (Å²) in [6.45, 7) is 6.11. The molecule has 1 amide bonds. The number of aryl methyl sites for hydroxylation is 1. The normalized spacial score (nSPS) is 10.9. The maximum Gasteiger partial charge on any atom is 0.243 e. The SMILES string of the molecule is C=CCNC(=NCC(=O)N(C)C)NCCCn1ccc2ccccc21.I. The van der Waals surface area contributed by atoms with E-state index in [2.05, 4.69) is 63.3 Å². The number of hydrogen-bond donors (Lipinski definition) is 2. The second-order valence-corrected chi connectivity index (χ2v) is 5.97. The molecule has 0 unspecified atom stereocenters. The van der Waals surface area contributed by atoms with Crippen LogP contribution in [0.25, 0.3) is 10.9 Å². The van der Waals surface area contributed by atoms with E-state index in [1.54, 1.807) is 20.2 Å². The van der Waals surface area contributed by atoms with Crippen LogP contribution in [-0.2, 0) is 11.3 Å². The van der Waals surface area contributed by atoms with Crippen LogP contribution in [0.5, 0.6) is 0 Å². The Morgan fingerprint density at radius 1 is 1.27 bits per heavy atom. The van der Waals surface area contributed by atoms with E-state index in [0.29, 0.717) is 12.5 Å². The molecule has 2 N–H and O–H groups in total. The highest BCUT2D eigenvalue weighted by Gasteiger charge is 2.04. The van der Waals surface area contributed by atoms with Crippen LogP contribution >= 0.6 is 24.0 Å². The third kappa shape index (κ3) is 6.70. The number of benzene rings is 1. The molecule has 0 bridgehead atoms. The molecule has 7 heteroatoms. The number of nitrogens with one attached hydrogen (secondary N) is 2. The van der Waals surface area contributed by atoms with Crippen LogP contribution in [-0.4, -0.2) is 55.1 Å². The molecule has 0 aliphatic rings. The van der Waals surface area contributed by atoms with Gasteiger partial charge in [-0.25, -0.2) is 4.99 Å². The van der Waals surface area contributed by atoms with E-state index >= 15 is 0 Å². The number of nitrogens with zero attached hydrogens (tertiary/aromatic N) is 3. The van der Waals surface area contributed by atoms with Gasteiger partial charge in [-0.1, -0.05) is 24.3 Å². The van der Waals surface area contributed by atoms with Gasteiger partial charge >= 0.3 is 0 Å². The topological polar surface area (TPSA) is 61.7 Å². The van der Waals surface area contributed by atoms with Crippen molar-refractivity contribution in [1.82, 2.24) is 20.1 Å². The Kier molecular flexibility index (Phi) is 9.79. The lowest BCUT2D eigenvalue weighted by Crippen LogP contribution is -2.39. The predicted molar refractivity (Wildman–Crippen MR) is 119 cm³/mol. The fourth-order valence-electron chi connectivity index (χ4n) is 2.42. The first-order chi connectivity index (χ1) is 12.1. The maximum atomic E-state index is 11.7. The predicted octanol–water partition coefficient (Wildman–Crippen LogP) is 2.46. The smallest absolute Gasteiger partial charge is 0.243 e. The standard InChI is InChI=1S/C19H27N5O.HI/c1-4-11-20-19(22-15-18(25)23(2)3)21-12-7-13-24-14-10-16-8-5-6-9-17(16)24;/h4-6,8-10,14H,1,7,11-13,15H2,2-3H3,(H2,20,21,22);1H. The molecule has 0 saturated carbocycles. The van der Waals surface area contributed by atoms with Gasteiger partial charge in [0.25, 0.3) is 0 Å². The van der Waals surface area contributed by atoms with Gasteiger partial charge in [0, 0.05) is 45.4 Å². The Morgan fingerprint density at radius 3 is 2.77 bits per heavy atom. The van der Waals surface area contributed by atoms with E-state index in [-0.39, 0.29) is 36.4 Å². The second-order valence-electron chi connectivity index (χ2n) is 5.97. The number of para-hydroxylation sites is 1. The Bertz CT molecular complexity index is 738. The molecule has 2 aromatic rings. The highest BCUT2D eigenvalue weighted by molar-refractivity contribution is 14.0. The van der Waals surface area contributed by atoms with E-state index in [1.807, 2.05) is 0 Å². The summed E-state index contributed by atoms with van der Waals surface area (Å²) in [4.78, 5) is 17.5. The number of guanidine groups is 1. The Balaban J connectivity index is 0.00000338. The molecule has 142 valence electrons. The summed E-state index contributed by atoms with van der Waals surface area (Å²) >= 11 is 0. The number of carbonyl (C=O) groups is 1. The number of hydrogen-bond acceptors (Lipinski definition) is 2. The van der Waals surface area contributed by atoms with Gasteiger partial charge in [0.2, 0.25) is 5.91 Å². The Morgan fingerprint density at radius 2 is 2.04 bits per heavy atom. The van der Waals surface area contributed by atoms with E-state index in [0.717, 1.165) is 19.5 Å². The zero-order chi connectivity index (χ0) is 18.1. The van der Waals surface area contributed by atoms with Crippen molar-refractivity contribution in [2.75, 3.05) is 33.7 Å². The maximum absolute atomic E-state index is 11.7. The molecule has 0 spiro atoms. The zero-order valence-electron chi connectivity index (χ0n) is 15.4. The minimum Gasteiger partial charge on any atom is -0.356 e. The van der Waals surface area contributed by atoms with Crippen molar-refractivity contribution < 1.29 is 4.79 Å². The summed E-state index contributed by atoms with van der Waals surface area (Å²) in [6, 6.07) is 10.5. The second kappa shape index (κ2) is 11.6. The lowest BCUT2D eigenvalue weighted by molar-refractivity contribution is -0.127. The quantitative estimate of drug-likeness (QED) is 0.205. The molecule has 0 aliphatic heterocycles. The first-order valence-corrected chi connectivity index (χ1v) is 8.49. The fourth-order valence-corrected chi connectivity index (χ4v) is 2.42. The van der Waals surface area contributed by atoms with Crippen LogP contribution in [0, 0.1) is 0 Å². The number of likely N-dealkylation sites (N-methyl/N-ethyl adjacent to an activating group) is 1. The highest BCUT2D eigenvalue weighted by atomic mass is 127. The van der Waals surface area contributed by atoms with Crippen molar-refractivity contribution in [3.63, 3.8) is 0 Å². The number of aliphatic imine (C=N–C) groups is 1. The van der Waals surface area contributed by atoms with Crippen LogP contribution in [0.4, 0.5) is 0 Å². The molecular formula is C19H28IN5O. The number of rotatable bonds is 8. The average molecular weight is 469 g/mol. The Hall–Kier alpha value is -2.03. The van der Waals surface area contributed by atoms with E-state index in [1.165, 1.54) is 15.8 Å². The number of carbonyl (C=O) groups excluding carboxylic acids is 1. The molecular weight excluding hydrogens is 441 g/mol. The summed E-state index contributed by atoms with van der Waals surface area (Å²) in [5.41, 5.74) is 1.25. The number of fused-ring (bicyclic) bond motifs is 1. The average Bonchev–Trinajstić information content (AvgIpc) is 3.03. The van der Waals surface area contributed by atoms with Crippen molar-refractivity contribution in [2.24, 2.45) is 4.99 Å². The molecule has 6 nitrogen and oxygen atoms in total. The molecule has 0 fully saturated rings. The minimum atomic E-state index is -0.0292. The molecule has 1 aromatic heterocycles. The molecule has 0 saturated heterocycles. The zero-order valence-corrected chi connectivity index (χ0v) is 17.8. The van der Waals surface area contributed by atoms with E-state index in [4.69, 9.17) is 0 Å². The Labute approximate surface area is 172 Å². The third-order valence-corrected chi connectivity index (χ3v) is 3.83. The summed E-state index contributed by atoms with van der Waals surface area (Å²) in [7, 11) is 3.45. The number of aromatic nitrogens is 1. The van der Waals surface area contributed by atoms with Gasteiger partial charge in [-0.2, -0.15) is 0 Å². The van der Waals surface area contributed by atoms with Gasteiger partial charge in [-0.05, 0) is 23.9 Å². The van der Waals surface area contributed by atoms with Crippen LogP contribution in [0.1, 0.15) is 6.42 Å². The molecule has 1 aromatic carbocycles. The first-order valence-electron chi connectivity index (χ1n) is 8.49. The van der Waals surface area contributed by atoms with Gasteiger partial charge in [-0.15, -0.1) is 30.6 Å². The summed E-state index contributed by atoms with van der Waals surface area (Å²) in [5.74, 6) is 0.603. The van der Waals surface area contributed by atoms with Crippen molar-refractivity contribution in [2.45, 2.75) is 13.0 Å². The van der Waals surface area contributed by atoms with Gasteiger partial charge in [0.1, 0.15) is 6.54 Å². The lowest BCUT2D eigenvalue weighted by Gasteiger charge is -2.13. The van der Waals surface area contributed by atoms with Gasteiger partial charge in [0.05, 0.1) is 0 Å². The largest absolute Gasteiger partial charge is 0.356 e. The third-order valence-electron chi connectivity index (χ3n) is 3.83. The van der Waals surface area contributed by atoms with Crippen LogP contribution in [0.3, 0.4) is 0 Å². The molecule has 26 heavy (non-hydrogen) atoms. The van der Waals surface area contributed by atoms with Gasteiger partial charge in [-0.3, -0.25) is 4.79 Å². The lowest BCUT2D eigenvalue weighted by atomic mass is 10.2. The summed E-state index contributed by atoms with van der Waals surface area (Å²) in [5, 5.41) is 7.65. The monoisotopic (exact) mass is 469 g/mol.